The van der Waals surface area contributed by atoms with Crippen LogP contribution in [0.3, 0.4) is 0 Å². The second-order valence-electron chi connectivity index (χ2n) is 2.59. The van der Waals surface area contributed by atoms with E-state index in [4.69, 9.17) is 9.88 Å². The molecule has 7 heteroatoms. The summed E-state index contributed by atoms with van der Waals surface area (Å²) in [6.45, 7) is 0. The summed E-state index contributed by atoms with van der Waals surface area (Å²) in [5.41, 5.74) is 0. The Balaban J connectivity index is 2.72. The second kappa shape index (κ2) is 4.76. The molecule has 15 heavy (non-hydrogen) atoms. The van der Waals surface area contributed by atoms with Crippen LogP contribution in [-0.2, 0) is 10.2 Å². The Morgan fingerprint density at radius 1 is 1.40 bits per heavy atom. The van der Waals surface area contributed by atoms with Crippen molar-refractivity contribution >= 4 is 16.2 Å². The highest BCUT2D eigenvalue weighted by atomic mass is 32.2. The van der Waals surface area contributed by atoms with Gasteiger partial charge in [-0.1, -0.05) is 18.2 Å². The highest BCUT2D eigenvalue weighted by Crippen LogP contribution is 2.08. The second-order valence-corrected chi connectivity index (χ2v) is 3.89. The molecule has 1 rings (SSSR count). The summed E-state index contributed by atoms with van der Waals surface area (Å²) in [5.74, 6) is 0.467. The molecule has 0 saturated carbocycles. The van der Waals surface area contributed by atoms with Gasteiger partial charge < -0.3 is 4.74 Å². The minimum absolute atomic E-state index is 0.177. The summed E-state index contributed by atoms with van der Waals surface area (Å²) in [6.07, 6.45) is 0. The monoisotopic (exact) mass is 229 g/mol. The van der Waals surface area contributed by atoms with Crippen molar-refractivity contribution in [1.29, 1.82) is 0 Å². The molecule has 0 aliphatic heterocycles. The van der Waals surface area contributed by atoms with E-state index in [0.717, 1.165) is 0 Å². The number of aliphatic imine (C=N–C) groups is 1. The van der Waals surface area contributed by atoms with Crippen LogP contribution in [0, 0.1) is 0 Å². The van der Waals surface area contributed by atoms with Crippen LogP contribution in [0.2, 0.25) is 0 Å². The van der Waals surface area contributed by atoms with Gasteiger partial charge >= 0.3 is 6.02 Å². The molecule has 3 N–H and O–H groups in total. The average molecular weight is 229 g/mol. The summed E-state index contributed by atoms with van der Waals surface area (Å²) in [7, 11) is -2.48. The van der Waals surface area contributed by atoms with Crippen molar-refractivity contribution in [3.8, 4) is 5.75 Å². The predicted molar refractivity (Wildman–Crippen MR) is 56.7 cm³/mol. The standard InChI is InChI=1S/C8H11N3O3S/c1-10-8(11-15(9,12)13)14-7-5-3-2-4-6-7/h2-6H,1H3,(H,10,11)(H2,9,12,13). The lowest BCUT2D eigenvalue weighted by Crippen LogP contribution is -2.39. The number of benzene rings is 1. The molecule has 0 aliphatic carbocycles. The van der Waals surface area contributed by atoms with Crippen LogP contribution in [0.15, 0.2) is 35.3 Å². The molecule has 0 bridgehead atoms. The van der Waals surface area contributed by atoms with Gasteiger partial charge in [0, 0.05) is 7.05 Å². The third-order valence-corrected chi connectivity index (χ3v) is 1.85. The molecule has 0 fully saturated rings. The summed E-state index contributed by atoms with van der Waals surface area (Å²) >= 11 is 0. The van der Waals surface area contributed by atoms with E-state index in [1.54, 1.807) is 24.3 Å². The first-order valence-electron chi connectivity index (χ1n) is 4.01. The van der Waals surface area contributed by atoms with Crippen LogP contribution in [-0.4, -0.2) is 21.5 Å². The summed E-state index contributed by atoms with van der Waals surface area (Å²) in [5, 5.41) is 4.77. The van der Waals surface area contributed by atoms with Crippen molar-refractivity contribution in [2.24, 2.45) is 10.1 Å². The van der Waals surface area contributed by atoms with Gasteiger partial charge in [0.15, 0.2) is 0 Å². The van der Waals surface area contributed by atoms with Gasteiger partial charge in [-0.2, -0.15) is 8.42 Å². The van der Waals surface area contributed by atoms with E-state index in [9.17, 15) is 8.42 Å². The third kappa shape index (κ3) is 4.43. The third-order valence-electron chi connectivity index (χ3n) is 1.39. The van der Waals surface area contributed by atoms with Gasteiger partial charge in [-0.3, -0.25) is 0 Å². The first kappa shape index (κ1) is 11.5. The van der Waals surface area contributed by atoms with Crippen LogP contribution >= 0.6 is 0 Å². The number of hydrogen-bond acceptors (Lipinski definition) is 4. The van der Waals surface area contributed by atoms with Crippen molar-refractivity contribution in [2.75, 3.05) is 7.05 Å². The minimum atomic E-state index is -3.86. The molecule has 0 aromatic heterocycles. The van der Waals surface area contributed by atoms with Crippen LogP contribution in [0.1, 0.15) is 0 Å². The van der Waals surface area contributed by atoms with Gasteiger partial charge in [0.2, 0.25) is 0 Å². The maximum absolute atomic E-state index is 10.7. The molecule has 0 amide bonds. The SMILES string of the molecule is CN=C(NS(N)(=O)=O)Oc1ccccc1. The summed E-state index contributed by atoms with van der Waals surface area (Å²) < 4.78 is 28.4. The molecule has 6 nitrogen and oxygen atoms in total. The Labute approximate surface area is 88.0 Å². The van der Waals surface area contributed by atoms with Crippen molar-refractivity contribution in [3.05, 3.63) is 30.3 Å². The van der Waals surface area contributed by atoms with E-state index in [0.29, 0.717) is 5.75 Å². The topological polar surface area (TPSA) is 93.8 Å². The average Bonchev–Trinajstić information content (AvgIpc) is 2.16. The van der Waals surface area contributed by atoms with Crippen LogP contribution in [0.25, 0.3) is 0 Å². The highest BCUT2D eigenvalue weighted by Gasteiger charge is 2.07. The lowest BCUT2D eigenvalue weighted by Gasteiger charge is -2.07. The quantitative estimate of drug-likeness (QED) is 0.545. The number of para-hydroxylation sites is 1. The van der Waals surface area contributed by atoms with Crippen LogP contribution in [0.5, 0.6) is 5.75 Å². The molecule has 0 aliphatic rings. The largest absolute Gasteiger partial charge is 0.425 e. The maximum Gasteiger partial charge on any atom is 0.304 e. The predicted octanol–water partition coefficient (Wildman–Crippen LogP) is -0.156. The molecule has 0 spiro atoms. The van der Waals surface area contributed by atoms with Crippen LogP contribution in [0.4, 0.5) is 0 Å². The fraction of sp³-hybridized carbons (Fsp3) is 0.125. The molecule has 1 aromatic rings. The molecule has 0 heterocycles. The molecule has 0 unspecified atom stereocenters. The Hall–Kier alpha value is -1.60. The molecule has 0 saturated heterocycles. The number of hydrogen-bond donors (Lipinski definition) is 2. The molecular weight excluding hydrogens is 218 g/mol. The first-order chi connectivity index (χ1) is 7.01. The van der Waals surface area contributed by atoms with Crippen molar-refractivity contribution in [1.82, 2.24) is 4.72 Å². The van der Waals surface area contributed by atoms with Gasteiger partial charge in [0.05, 0.1) is 0 Å². The highest BCUT2D eigenvalue weighted by molar-refractivity contribution is 7.87. The maximum atomic E-state index is 10.7. The molecular formula is C8H11N3O3S. The van der Waals surface area contributed by atoms with Gasteiger partial charge in [-0.25, -0.2) is 14.9 Å². The Kier molecular flexibility index (Phi) is 3.64. The summed E-state index contributed by atoms with van der Waals surface area (Å²) in [4.78, 5) is 3.59. The Morgan fingerprint density at radius 3 is 2.47 bits per heavy atom. The molecule has 82 valence electrons. The smallest absolute Gasteiger partial charge is 0.304 e. The number of nitrogens with two attached hydrogens (primary N) is 1. The first-order valence-corrected chi connectivity index (χ1v) is 5.56. The number of nitrogens with one attached hydrogen (secondary N) is 1. The van der Waals surface area contributed by atoms with Gasteiger partial charge in [0.1, 0.15) is 5.75 Å². The van der Waals surface area contributed by atoms with Crippen molar-refractivity contribution < 1.29 is 13.2 Å². The number of amidine groups is 1. The fourth-order valence-electron chi connectivity index (χ4n) is 0.834. The molecule has 0 radical (unpaired) electrons. The number of nitrogens with zero attached hydrogens (tertiary/aromatic N) is 1. The van der Waals surface area contributed by atoms with E-state index in [1.165, 1.54) is 7.05 Å². The van der Waals surface area contributed by atoms with Crippen molar-refractivity contribution in [3.63, 3.8) is 0 Å². The van der Waals surface area contributed by atoms with E-state index in [-0.39, 0.29) is 6.02 Å². The van der Waals surface area contributed by atoms with Crippen molar-refractivity contribution in [2.45, 2.75) is 0 Å². The zero-order valence-electron chi connectivity index (χ0n) is 8.04. The van der Waals surface area contributed by atoms with Gasteiger partial charge in [-0.05, 0) is 12.1 Å². The Bertz CT molecular complexity index is 441. The normalized spacial score (nSPS) is 12.3. The van der Waals surface area contributed by atoms with E-state index in [1.807, 2.05) is 10.8 Å². The van der Waals surface area contributed by atoms with Crippen LogP contribution < -0.4 is 14.6 Å². The van der Waals surface area contributed by atoms with E-state index < -0.39 is 10.2 Å². The number of ether oxygens (including phenoxy) is 1. The van der Waals surface area contributed by atoms with E-state index >= 15 is 0 Å². The Morgan fingerprint density at radius 2 is 2.00 bits per heavy atom. The lowest BCUT2D eigenvalue weighted by molar-refractivity contribution is 0.526. The van der Waals surface area contributed by atoms with Gasteiger partial charge in [0.25, 0.3) is 10.2 Å². The molecule has 0 atom stereocenters. The summed E-state index contributed by atoms with van der Waals surface area (Å²) in [6, 6.07) is 8.46. The fourth-order valence-corrected chi connectivity index (χ4v) is 1.21. The van der Waals surface area contributed by atoms with E-state index in [2.05, 4.69) is 4.99 Å². The minimum Gasteiger partial charge on any atom is -0.425 e. The zero-order valence-corrected chi connectivity index (χ0v) is 8.86. The molecule has 1 aromatic carbocycles. The zero-order chi connectivity index (χ0) is 11.3. The lowest BCUT2D eigenvalue weighted by atomic mass is 10.3. The number of rotatable bonds is 2. The van der Waals surface area contributed by atoms with Gasteiger partial charge in [-0.15, -0.1) is 0 Å².